The van der Waals surface area contributed by atoms with E-state index in [1.165, 1.54) is 4.90 Å². The van der Waals surface area contributed by atoms with Crippen LogP contribution in [0.3, 0.4) is 0 Å². The quantitative estimate of drug-likeness (QED) is 0.744. The van der Waals surface area contributed by atoms with E-state index in [2.05, 4.69) is 0 Å². The van der Waals surface area contributed by atoms with Gasteiger partial charge in [0.15, 0.2) is 0 Å². The van der Waals surface area contributed by atoms with Crippen molar-refractivity contribution in [2.24, 2.45) is 5.73 Å². The van der Waals surface area contributed by atoms with E-state index < -0.39 is 29.7 Å². The van der Waals surface area contributed by atoms with Crippen LogP contribution in [0.5, 0.6) is 0 Å². The summed E-state index contributed by atoms with van der Waals surface area (Å²) in [5.41, 5.74) is 5.26. The fraction of sp³-hybridized carbons (Fsp3) is 0.833. The van der Waals surface area contributed by atoms with Crippen molar-refractivity contribution < 1.29 is 19.1 Å². The average Bonchev–Trinajstić information content (AvgIpc) is 2.58. The summed E-state index contributed by atoms with van der Waals surface area (Å²) >= 11 is 0. The Morgan fingerprint density at radius 1 is 1.39 bits per heavy atom. The van der Waals surface area contributed by atoms with Crippen LogP contribution in [0.25, 0.3) is 0 Å². The molecule has 0 saturated carbocycles. The molecule has 0 bridgehead atoms. The number of esters is 1. The minimum atomic E-state index is -0.736. The van der Waals surface area contributed by atoms with Gasteiger partial charge in [0.1, 0.15) is 11.6 Å². The Kier molecular flexibility index (Phi) is 4.56. The molecule has 0 aromatic rings. The summed E-state index contributed by atoms with van der Waals surface area (Å²) in [4.78, 5) is 25.1. The predicted molar refractivity (Wildman–Crippen MR) is 66.0 cm³/mol. The highest BCUT2D eigenvalue weighted by Crippen LogP contribution is 2.21. The molecule has 1 aliphatic rings. The maximum Gasteiger partial charge on any atom is 0.411 e. The number of hydrogen-bond donors (Lipinski definition) is 1. The van der Waals surface area contributed by atoms with Crippen LogP contribution in [0, 0.1) is 0 Å². The smallest absolute Gasteiger partial charge is 0.411 e. The molecule has 0 radical (unpaired) electrons. The Bertz CT molecular complexity index is 325. The zero-order valence-electron chi connectivity index (χ0n) is 11.4. The van der Waals surface area contributed by atoms with Gasteiger partial charge >= 0.3 is 12.1 Å². The molecule has 1 saturated heterocycles. The van der Waals surface area contributed by atoms with Crippen LogP contribution in [0.2, 0.25) is 0 Å². The van der Waals surface area contributed by atoms with E-state index in [0.29, 0.717) is 13.0 Å². The number of nitrogens with zero attached hydrogens (tertiary/aromatic N) is 1. The number of likely N-dealkylation sites (tertiary alicyclic amines) is 1. The van der Waals surface area contributed by atoms with Crippen LogP contribution in [0.4, 0.5) is 4.79 Å². The Balaban J connectivity index is 2.74. The maximum atomic E-state index is 12.0. The molecule has 104 valence electrons. The zero-order chi connectivity index (χ0) is 13.9. The first-order valence-electron chi connectivity index (χ1n) is 6.18. The van der Waals surface area contributed by atoms with E-state index >= 15 is 0 Å². The Morgan fingerprint density at radius 3 is 2.50 bits per heavy atom. The second-order valence-corrected chi connectivity index (χ2v) is 5.32. The standard InChI is InChI=1S/C12H22N2O4/c1-5-17-10(15)9-8(13)6-7-14(9)11(16)18-12(2,3)4/h8-9H,5-7,13H2,1-4H3/t8-,9+/m1/s1. The Morgan fingerprint density at radius 2 is 2.00 bits per heavy atom. The van der Waals surface area contributed by atoms with Gasteiger partial charge in [0, 0.05) is 12.6 Å². The van der Waals surface area contributed by atoms with Crippen molar-refractivity contribution in [3.05, 3.63) is 0 Å². The molecule has 1 aliphatic heterocycles. The van der Waals surface area contributed by atoms with E-state index in [0.717, 1.165) is 0 Å². The third-order valence-electron chi connectivity index (χ3n) is 2.60. The van der Waals surface area contributed by atoms with Crippen LogP contribution in [-0.4, -0.2) is 47.8 Å². The summed E-state index contributed by atoms with van der Waals surface area (Å²) in [6, 6.07) is -1.13. The van der Waals surface area contributed by atoms with Gasteiger partial charge in [0.05, 0.1) is 6.61 Å². The van der Waals surface area contributed by atoms with Crippen LogP contribution in [0.1, 0.15) is 34.1 Å². The molecule has 0 spiro atoms. The fourth-order valence-electron chi connectivity index (χ4n) is 1.87. The van der Waals surface area contributed by atoms with Crippen LogP contribution in [0.15, 0.2) is 0 Å². The molecule has 1 heterocycles. The minimum absolute atomic E-state index is 0.268. The average molecular weight is 258 g/mol. The lowest BCUT2D eigenvalue weighted by atomic mass is 10.1. The van der Waals surface area contributed by atoms with Gasteiger partial charge in [0.25, 0.3) is 0 Å². The summed E-state index contributed by atoms with van der Waals surface area (Å²) in [6.07, 6.45) is 0.0522. The number of rotatable bonds is 2. The molecule has 2 atom stereocenters. The van der Waals surface area contributed by atoms with E-state index in [9.17, 15) is 9.59 Å². The maximum absolute atomic E-state index is 12.0. The normalized spacial score (nSPS) is 23.9. The molecule has 18 heavy (non-hydrogen) atoms. The molecule has 0 unspecified atom stereocenters. The zero-order valence-corrected chi connectivity index (χ0v) is 11.4. The van der Waals surface area contributed by atoms with Gasteiger partial charge < -0.3 is 15.2 Å². The number of nitrogens with two attached hydrogens (primary N) is 1. The highest BCUT2D eigenvalue weighted by Gasteiger charge is 2.42. The van der Waals surface area contributed by atoms with Crippen molar-refractivity contribution in [2.45, 2.75) is 51.8 Å². The summed E-state index contributed by atoms with van der Waals surface area (Å²) in [6.45, 7) is 7.74. The van der Waals surface area contributed by atoms with Crippen molar-refractivity contribution in [2.75, 3.05) is 13.2 Å². The summed E-state index contributed by atoms with van der Waals surface area (Å²) in [5.74, 6) is -0.464. The third kappa shape index (κ3) is 3.60. The Hall–Kier alpha value is -1.30. The first kappa shape index (κ1) is 14.8. The number of amides is 1. The van der Waals surface area contributed by atoms with Crippen molar-refractivity contribution in [1.82, 2.24) is 4.90 Å². The largest absolute Gasteiger partial charge is 0.464 e. The van der Waals surface area contributed by atoms with Crippen LogP contribution >= 0.6 is 0 Å². The van der Waals surface area contributed by atoms with Crippen LogP contribution in [-0.2, 0) is 14.3 Å². The molecule has 6 heteroatoms. The lowest BCUT2D eigenvalue weighted by molar-refractivity contribution is -0.148. The molecular weight excluding hydrogens is 236 g/mol. The predicted octanol–water partition coefficient (Wildman–Crippen LogP) is 0.886. The molecule has 1 rings (SSSR count). The summed E-state index contributed by atoms with van der Waals surface area (Å²) < 4.78 is 10.2. The highest BCUT2D eigenvalue weighted by molar-refractivity contribution is 5.83. The lowest BCUT2D eigenvalue weighted by Crippen LogP contribution is -2.50. The lowest BCUT2D eigenvalue weighted by Gasteiger charge is -2.28. The van der Waals surface area contributed by atoms with Gasteiger partial charge in [-0.15, -0.1) is 0 Å². The monoisotopic (exact) mass is 258 g/mol. The summed E-state index contributed by atoms with van der Waals surface area (Å²) in [7, 11) is 0. The topological polar surface area (TPSA) is 81.9 Å². The molecular formula is C12H22N2O4. The number of ether oxygens (including phenoxy) is 2. The molecule has 6 nitrogen and oxygen atoms in total. The minimum Gasteiger partial charge on any atom is -0.464 e. The first-order valence-corrected chi connectivity index (χ1v) is 6.18. The van der Waals surface area contributed by atoms with Crippen molar-refractivity contribution in [3.63, 3.8) is 0 Å². The van der Waals surface area contributed by atoms with Gasteiger partial charge in [-0.05, 0) is 34.1 Å². The van der Waals surface area contributed by atoms with Gasteiger partial charge in [-0.1, -0.05) is 0 Å². The second kappa shape index (κ2) is 5.56. The second-order valence-electron chi connectivity index (χ2n) is 5.32. The first-order chi connectivity index (χ1) is 8.26. The SMILES string of the molecule is CCOC(=O)[C@@H]1[C@H](N)CCN1C(=O)OC(C)(C)C. The molecule has 0 aliphatic carbocycles. The molecule has 0 aromatic carbocycles. The van der Waals surface area contributed by atoms with E-state index in [4.69, 9.17) is 15.2 Å². The third-order valence-corrected chi connectivity index (χ3v) is 2.60. The molecule has 2 N–H and O–H groups in total. The summed E-state index contributed by atoms with van der Waals surface area (Å²) in [5, 5.41) is 0. The van der Waals surface area contributed by atoms with Crippen molar-refractivity contribution >= 4 is 12.1 Å². The molecule has 0 aromatic heterocycles. The number of carbonyl (C=O) groups excluding carboxylic acids is 2. The molecule has 1 fully saturated rings. The fourth-order valence-corrected chi connectivity index (χ4v) is 1.87. The molecule has 1 amide bonds. The Labute approximate surface area is 107 Å². The van der Waals surface area contributed by atoms with Gasteiger partial charge in [-0.2, -0.15) is 0 Å². The van der Waals surface area contributed by atoms with Gasteiger partial charge in [-0.3, -0.25) is 4.90 Å². The van der Waals surface area contributed by atoms with E-state index in [1.807, 2.05) is 0 Å². The van der Waals surface area contributed by atoms with Gasteiger partial charge in [0.2, 0.25) is 0 Å². The van der Waals surface area contributed by atoms with E-state index in [-0.39, 0.29) is 6.61 Å². The highest BCUT2D eigenvalue weighted by atomic mass is 16.6. The van der Waals surface area contributed by atoms with Crippen LogP contribution < -0.4 is 5.73 Å². The number of hydrogen-bond acceptors (Lipinski definition) is 5. The number of carbonyl (C=O) groups is 2. The van der Waals surface area contributed by atoms with E-state index in [1.54, 1.807) is 27.7 Å². The van der Waals surface area contributed by atoms with Gasteiger partial charge in [-0.25, -0.2) is 9.59 Å². The van der Waals surface area contributed by atoms with Crippen molar-refractivity contribution in [1.29, 1.82) is 0 Å². The van der Waals surface area contributed by atoms with Crippen molar-refractivity contribution in [3.8, 4) is 0 Å².